The van der Waals surface area contributed by atoms with Crippen molar-refractivity contribution in [3.63, 3.8) is 0 Å². The van der Waals surface area contributed by atoms with Gasteiger partial charge in [-0.05, 0) is 36.8 Å². The summed E-state index contributed by atoms with van der Waals surface area (Å²) in [6.45, 7) is 1.61. The van der Waals surface area contributed by atoms with E-state index in [1.54, 1.807) is 7.05 Å². The van der Waals surface area contributed by atoms with Crippen LogP contribution in [0.25, 0.3) is 10.9 Å². The maximum absolute atomic E-state index is 12.0. The Morgan fingerprint density at radius 1 is 1.21 bits per heavy atom. The Hall–Kier alpha value is -1.33. The van der Waals surface area contributed by atoms with Crippen LogP contribution in [0.2, 0.25) is 0 Å². The Labute approximate surface area is 184 Å². The number of H-pyrrole nitrogens is 1. The zero-order chi connectivity index (χ0) is 19.1. The van der Waals surface area contributed by atoms with Crippen LogP contribution in [0, 0.1) is 5.92 Å². The molecule has 0 bridgehead atoms. The van der Waals surface area contributed by atoms with Crippen molar-refractivity contribution in [3.8, 4) is 0 Å². The zero-order valence-corrected chi connectivity index (χ0v) is 19.3. The van der Waals surface area contributed by atoms with Crippen LogP contribution >= 0.6 is 24.0 Å². The first-order valence-electron chi connectivity index (χ1n) is 9.54. The number of aliphatic imine (C=N–C) groups is 1. The molecule has 156 valence electrons. The number of rotatable bonds is 9. The van der Waals surface area contributed by atoms with Crippen LogP contribution in [0.1, 0.15) is 24.8 Å². The molecule has 1 aromatic heterocycles. The molecular formula is C19H30IN5O2S. The molecule has 0 unspecified atom stereocenters. The Kier molecular flexibility index (Phi) is 9.03. The monoisotopic (exact) mass is 519 g/mol. The summed E-state index contributed by atoms with van der Waals surface area (Å²) in [5.74, 6) is 1.18. The van der Waals surface area contributed by atoms with E-state index in [2.05, 4.69) is 37.5 Å². The molecule has 0 spiro atoms. The Balaban J connectivity index is 0.00000280. The lowest BCUT2D eigenvalue weighted by molar-refractivity contribution is 0.316. The first-order chi connectivity index (χ1) is 13.1. The molecule has 3 rings (SSSR count). The van der Waals surface area contributed by atoms with Crippen LogP contribution in [-0.2, 0) is 16.4 Å². The molecular weight excluding hydrogens is 489 g/mol. The highest BCUT2D eigenvalue weighted by Gasteiger charge is 2.20. The highest BCUT2D eigenvalue weighted by molar-refractivity contribution is 14.0. The lowest BCUT2D eigenvalue weighted by Crippen LogP contribution is -2.42. The van der Waals surface area contributed by atoms with E-state index < -0.39 is 10.0 Å². The number of halogens is 1. The summed E-state index contributed by atoms with van der Waals surface area (Å²) in [7, 11) is -1.55. The number of aromatic nitrogens is 1. The van der Waals surface area contributed by atoms with Gasteiger partial charge in [-0.2, -0.15) is 0 Å². The molecule has 1 aliphatic carbocycles. The van der Waals surface area contributed by atoms with Gasteiger partial charge in [0.25, 0.3) is 0 Å². The van der Waals surface area contributed by atoms with Crippen LogP contribution < -0.4 is 15.4 Å². The molecule has 0 amide bonds. The van der Waals surface area contributed by atoms with Gasteiger partial charge in [0.05, 0.1) is 5.75 Å². The minimum Gasteiger partial charge on any atom is -0.361 e. The van der Waals surface area contributed by atoms with Crippen molar-refractivity contribution in [2.24, 2.45) is 10.9 Å². The van der Waals surface area contributed by atoms with Gasteiger partial charge in [0.2, 0.25) is 10.0 Å². The van der Waals surface area contributed by atoms with Gasteiger partial charge >= 0.3 is 0 Å². The second-order valence-electron chi connectivity index (χ2n) is 7.00. The number of hydrogen-bond donors (Lipinski definition) is 4. The molecule has 0 radical (unpaired) electrons. The smallest absolute Gasteiger partial charge is 0.213 e. The van der Waals surface area contributed by atoms with Gasteiger partial charge in [0.1, 0.15) is 0 Å². The fourth-order valence-electron chi connectivity index (χ4n) is 3.19. The molecule has 28 heavy (non-hydrogen) atoms. The second-order valence-corrected chi connectivity index (χ2v) is 8.93. The summed E-state index contributed by atoms with van der Waals surface area (Å²) < 4.78 is 26.7. The van der Waals surface area contributed by atoms with E-state index in [1.165, 1.54) is 17.4 Å². The van der Waals surface area contributed by atoms with E-state index >= 15 is 0 Å². The number of para-hydroxylation sites is 1. The topological polar surface area (TPSA) is 98.4 Å². The standard InChI is InChI=1S/C19H29N5O2S.HI/c1-20-19(22-11-12-27(25,26)24-13-15-5-4-6-15)21-10-9-16-14-23-18-8-3-2-7-17(16)18;/h2-3,7-8,14-15,23-24H,4-6,9-13H2,1H3,(H2,20,21,22);1H. The van der Waals surface area contributed by atoms with Crippen molar-refractivity contribution in [3.05, 3.63) is 36.0 Å². The van der Waals surface area contributed by atoms with Crippen molar-refractivity contribution >= 4 is 50.9 Å². The average Bonchev–Trinajstić information content (AvgIpc) is 3.02. The number of fused-ring (bicyclic) bond motifs is 1. The van der Waals surface area contributed by atoms with Crippen LogP contribution in [-0.4, -0.2) is 51.8 Å². The van der Waals surface area contributed by atoms with Crippen molar-refractivity contribution in [1.82, 2.24) is 20.3 Å². The summed E-state index contributed by atoms with van der Waals surface area (Å²) in [5, 5.41) is 7.53. The largest absolute Gasteiger partial charge is 0.361 e. The molecule has 1 aliphatic rings. The number of guanidine groups is 1. The normalized spacial score (nSPS) is 15.1. The fraction of sp³-hybridized carbons (Fsp3) is 0.526. The van der Waals surface area contributed by atoms with E-state index in [9.17, 15) is 8.42 Å². The van der Waals surface area contributed by atoms with Crippen LogP contribution in [0.3, 0.4) is 0 Å². The SMILES string of the molecule is CN=C(NCCc1c[nH]c2ccccc12)NCCS(=O)(=O)NCC1CCC1.I. The summed E-state index contributed by atoms with van der Waals surface area (Å²) in [6.07, 6.45) is 6.37. The van der Waals surface area contributed by atoms with E-state index in [1.807, 2.05) is 18.3 Å². The van der Waals surface area contributed by atoms with Gasteiger partial charge < -0.3 is 15.6 Å². The first kappa shape index (κ1) is 23.0. The van der Waals surface area contributed by atoms with Crippen molar-refractivity contribution in [2.75, 3.05) is 32.4 Å². The Morgan fingerprint density at radius 2 is 1.96 bits per heavy atom. The minimum atomic E-state index is -3.24. The number of nitrogens with zero attached hydrogens (tertiary/aromatic N) is 1. The average molecular weight is 519 g/mol. The third kappa shape index (κ3) is 6.63. The number of aromatic amines is 1. The summed E-state index contributed by atoms with van der Waals surface area (Å²) in [5.41, 5.74) is 2.38. The maximum Gasteiger partial charge on any atom is 0.213 e. The second kappa shape index (κ2) is 11.0. The summed E-state index contributed by atoms with van der Waals surface area (Å²) >= 11 is 0. The fourth-order valence-corrected chi connectivity index (χ4v) is 4.20. The summed E-state index contributed by atoms with van der Waals surface area (Å²) in [4.78, 5) is 7.43. The van der Waals surface area contributed by atoms with Crippen LogP contribution in [0.5, 0.6) is 0 Å². The van der Waals surface area contributed by atoms with Crippen molar-refractivity contribution in [1.29, 1.82) is 0 Å². The van der Waals surface area contributed by atoms with E-state index in [-0.39, 0.29) is 29.7 Å². The first-order valence-corrected chi connectivity index (χ1v) is 11.2. The van der Waals surface area contributed by atoms with Gasteiger partial charge in [-0.3, -0.25) is 4.99 Å². The van der Waals surface area contributed by atoms with Gasteiger partial charge in [-0.25, -0.2) is 13.1 Å². The Bertz CT molecular complexity index is 877. The lowest BCUT2D eigenvalue weighted by Gasteiger charge is -2.25. The van der Waals surface area contributed by atoms with Crippen LogP contribution in [0.4, 0.5) is 0 Å². The van der Waals surface area contributed by atoms with Gasteiger partial charge in [0, 0.05) is 43.8 Å². The van der Waals surface area contributed by atoms with Gasteiger partial charge in [0.15, 0.2) is 5.96 Å². The summed E-state index contributed by atoms with van der Waals surface area (Å²) in [6, 6.07) is 8.22. The highest BCUT2D eigenvalue weighted by Crippen LogP contribution is 2.25. The molecule has 1 fully saturated rings. The van der Waals surface area contributed by atoms with E-state index in [0.29, 0.717) is 31.5 Å². The van der Waals surface area contributed by atoms with Crippen molar-refractivity contribution < 1.29 is 8.42 Å². The number of nitrogens with one attached hydrogen (secondary N) is 4. The molecule has 1 saturated carbocycles. The van der Waals surface area contributed by atoms with Crippen LogP contribution in [0.15, 0.2) is 35.5 Å². The molecule has 2 aromatic rings. The number of hydrogen-bond acceptors (Lipinski definition) is 3. The molecule has 7 nitrogen and oxygen atoms in total. The number of benzene rings is 1. The minimum absolute atomic E-state index is 0. The highest BCUT2D eigenvalue weighted by atomic mass is 127. The molecule has 4 N–H and O–H groups in total. The number of sulfonamides is 1. The third-order valence-electron chi connectivity index (χ3n) is 5.07. The predicted octanol–water partition coefficient (Wildman–Crippen LogP) is 2.21. The Morgan fingerprint density at radius 3 is 2.68 bits per heavy atom. The maximum atomic E-state index is 12.0. The molecule has 9 heteroatoms. The molecule has 1 heterocycles. The quantitative estimate of drug-likeness (QED) is 0.232. The van der Waals surface area contributed by atoms with Crippen molar-refractivity contribution in [2.45, 2.75) is 25.7 Å². The van der Waals surface area contributed by atoms with E-state index in [0.717, 1.165) is 24.8 Å². The molecule has 0 atom stereocenters. The molecule has 0 aliphatic heterocycles. The lowest BCUT2D eigenvalue weighted by atomic mass is 9.86. The molecule has 1 aromatic carbocycles. The van der Waals surface area contributed by atoms with E-state index in [4.69, 9.17) is 0 Å². The van der Waals surface area contributed by atoms with Gasteiger partial charge in [-0.1, -0.05) is 24.6 Å². The zero-order valence-electron chi connectivity index (χ0n) is 16.2. The third-order valence-corrected chi connectivity index (χ3v) is 6.41. The molecule has 0 saturated heterocycles. The van der Waals surface area contributed by atoms with Gasteiger partial charge in [-0.15, -0.1) is 24.0 Å². The predicted molar refractivity (Wildman–Crippen MR) is 126 cm³/mol.